The molecule has 0 radical (unpaired) electrons. The summed E-state index contributed by atoms with van der Waals surface area (Å²) in [5.74, 6) is 6.91. The fourth-order valence-electron chi connectivity index (χ4n) is 3.39. The molecule has 1 aromatic carbocycles. The smallest absolute Gasteiger partial charge is 0.136 e. The Morgan fingerprint density at radius 1 is 1.43 bits per heavy atom. The second-order valence-corrected chi connectivity index (χ2v) is 7.21. The predicted octanol–water partition coefficient (Wildman–Crippen LogP) is 3.10. The van der Waals surface area contributed by atoms with Crippen LogP contribution in [0.4, 0.5) is 4.39 Å². The maximum atomic E-state index is 13.7. The van der Waals surface area contributed by atoms with E-state index in [9.17, 15) is 4.39 Å². The van der Waals surface area contributed by atoms with Crippen LogP contribution in [-0.2, 0) is 4.74 Å². The van der Waals surface area contributed by atoms with Gasteiger partial charge in [0.05, 0.1) is 5.60 Å². The van der Waals surface area contributed by atoms with E-state index < -0.39 is 0 Å². The molecular weight excluding hydrogens is 287 g/mol. The van der Waals surface area contributed by atoms with E-state index in [1.807, 2.05) is 12.1 Å². The molecule has 1 saturated carbocycles. The number of halogens is 1. The Hall–Kier alpha value is -0.620. The number of benzene rings is 1. The van der Waals surface area contributed by atoms with Crippen LogP contribution in [0, 0.1) is 11.7 Å². The van der Waals surface area contributed by atoms with Gasteiger partial charge in [-0.15, -0.1) is 11.8 Å². The van der Waals surface area contributed by atoms with Gasteiger partial charge in [0.1, 0.15) is 5.82 Å². The van der Waals surface area contributed by atoms with Crippen LogP contribution in [-0.4, -0.2) is 24.0 Å². The van der Waals surface area contributed by atoms with Crippen molar-refractivity contribution in [3.63, 3.8) is 0 Å². The van der Waals surface area contributed by atoms with E-state index in [1.54, 1.807) is 17.8 Å². The second-order valence-electron chi connectivity index (χ2n) is 6.15. The Kier molecular flexibility index (Phi) is 4.84. The molecule has 3 rings (SSSR count). The number of hydrazine groups is 1. The lowest BCUT2D eigenvalue weighted by Crippen LogP contribution is -2.52. The van der Waals surface area contributed by atoms with Gasteiger partial charge in [-0.25, -0.2) is 4.39 Å². The van der Waals surface area contributed by atoms with Crippen molar-refractivity contribution in [2.24, 2.45) is 11.8 Å². The molecule has 116 valence electrons. The zero-order chi connectivity index (χ0) is 14.7. The first-order valence-electron chi connectivity index (χ1n) is 7.70. The van der Waals surface area contributed by atoms with E-state index in [0.29, 0.717) is 10.8 Å². The van der Waals surface area contributed by atoms with Gasteiger partial charge < -0.3 is 4.74 Å². The van der Waals surface area contributed by atoms with Crippen molar-refractivity contribution in [3.8, 4) is 0 Å². The number of nitrogens with two attached hydrogens (primary N) is 1. The molecule has 3 nitrogen and oxygen atoms in total. The molecule has 2 fully saturated rings. The van der Waals surface area contributed by atoms with Crippen LogP contribution in [0.2, 0.25) is 0 Å². The summed E-state index contributed by atoms with van der Waals surface area (Å²) < 4.78 is 19.7. The zero-order valence-corrected chi connectivity index (χ0v) is 13.0. The molecule has 1 heterocycles. The molecule has 0 amide bonds. The van der Waals surface area contributed by atoms with E-state index >= 15 is 0 Å². The molecule has 21 heavy (non-hydrogen) atoms. The average Bonchev–Trinajstić information content (AvgIpc) is 2.48. The summed E-state index contributed by atoms with van der Waals surface area (Å²) in [5, 5.41) is 0. The summed E-state index contributed by atoms with van der Waals surface area (Å²) >= 11 is 1.54. The molecule has 2 atom stereocenters. The van der Waals surface area contributed by atoms with Gasteiger partial charge in [0, 0.05) is 23.3 Å². The van der Waals surface area contributed by atoms with E-state index in [-0.39, 0.29) is 17.5 Å². The molecule has 1 saturated heterocycles. The topological polar surface area (TPSA) is 47.3 Å². The van der Waals surface area contributed by atoms with Gasteiger partial charge in [-0.05, 0) is 50.2 Å². The lowest BCUT2D eigenvalue weighted by atomic mass is 9.70. The molecule has 1 aliphatic carbocycles. The predicted molar refractivity (Wildman–Crippen MR) is 83.5 cm³/mol. The summed E-state index contributed by atoms with van der Waals surface area (Å²) in [6.07, 6.45) is 5.76. The fourth-order valence-corrected chi connectivity index (χ4v) is 4.50. The first kappa shape index (κ1) is 15.3. The van der Waals surface area contributed by atoms with Gasteiger partial charge in [-0.1, -0.05) is 12.1 Å². The Balaban J connectivity index is 1.58. The molecule has 2 unspecified atom stereocenters. The first-order valence-corrected chi connectivity index (χ1v) is 8.68. The highest BCUT2D eigenvalue weighted by molar-refractivity contribution is 7.99. The number of hydrogen-bond donors (Lipinski definition) is 2. The minimum atomic E-state index is -0.152. The van der Waals surface area contributed by atoms with Gasteiger partial charge in [-0.3, -0.25) is 11.3 Å². The number of thioether (sulfide) groups is 1. The number of hydrogen-bond acceptors (Lipinski definition) is 4. The van der Waals surface area contributed by atoms with Gasteiger partial charge in [0.2, 0.25) is 0 Å². The van der Waals surface area contributed by atoms with Crippen LogP contribution in [0.1, 0.15) is 32.1 Å². The molecule has 1 aromatic rings. The number of nitrogens with one attached hydrogen (secondary N) is 1. The lowest BCUT2D eigenvalue weighted by molar-refractivity contribution is -0.146. The van der Waals surface area contributed by atoms with Gasteiger partial charge in [0.15, 0.2) is 0 Å². The van der Waals surface area contributed by atoms with E-state index in [0.717, 1.165) is 25.2 Å². The van der Waals surface area contributed by atoms with Crippen molar-refractivity contribution in [1.82, 2.24) is 5.43 Å². The number of rotatable bonds is 5. The Morgan fingerprint density at radius 2 is 2.24 bits per heavy atom. The van der Waals surface area contributed by atoms with E-state index in [2.05, 4.69) is 5.43 Å². The van der Waals surface area contributed by atoms with Crippen LogP contribution in [0.15, 0.2) is 29.2 Å². The van der Waals surface area contributed by atoms with Crippen molar-refractivity contribution in [2.45, 2.75) is 48.6 Å². The van der Waals surface area contributed by atoms with Crippen LogP contribution < -0.4 is 11.3 Å². The van der Waals surface area contributed by atoms with Crippen LogP contribution in [0.3, 0.4) is 0 Å². The van der Waals surface area contributed by atoms with Crippen LogP contribution >= 0.6 is 11.8 Å². The fraction of sp³-hybridized carbons (Fsp3) is 0.625. The Labute approximate surface area is 129 Å². The van der Waals surface area contributed by atoms with Gasteiger partial charge >= 0.3 is 0 Å². The summed E-state index contributed by atoms with van der Waals surface area (Å²) in [6, 6.07) is 7.12. The van der Waals surface area contributed by atoms with E-state index in [1.165, 1.54) is 25.3 Å². The first-order chi connectivity index (χ1) is 10.2. The van der Waals surface area contributed by atoms with Crippen molar-refractivity contribution >= 4 is 11.8 Å². The molecular formula is C16H23FN2OS. The Bertz CT molecular complexity index is 481. The maximum absolute atomic E-state index is 13.7. The minimum absolute atomic E-state index is 0.126. The van der Waals surface area contributed by atoms with Crippen molar-refractivity contribution < 1.29 is 9.13 Å². The lowest BCUT2D eigenvalue weighted by Gasteiger charge is -2.48. The zero-order valence-electron chi connectivity index (χ0n) is 12.2. The Morgan fingerprint density at radius 3 is 2.90 bits per heavy atom. The van der Waals surface area contributed by atoms with Gasteiger partial charge in [-0.2, -0.15) is 0 Å². The van der Waals surface area contributed by atoms with Crippen molar-refractivity contribution in [2.75, 3.05) is 12.4 Å². The highest BCUT2D eigenvalue weighted by atomic mass is 32.2. The van der Waals surface area contributed by atoms with Gasteiger partial charge in [0.25, 0.3) is 0 Å². The molecule has 3 N–H and O–H groups in total. The normalized spacial score (nSPS) is 25.5. The minimum Gasteiger partial charge on any atom is -0.375 e. The SMILES string of the molecule is NNC(CSc1ccccc1F)C1CCOC2(CCC2)C1. The van der Waals surface area contributed by atoms with Crippen molar-refractivity contribution in [3.05, 3.63) is 30.1 Å². The third-order valence-electron chi connectivity index (χ3n) is 4.83. The number of ether oxygens (including phenoxy) is 1. The largest absolute Gasteiger partial charge is 0.375 e. The molecule has 0 bridgehead atoms. The molecule has 0 aromatic heterocycles. The maximum Gasteiger partial charge on any atom is 0.136 e. The monoisotopic (exact) mass is 310 g/mol. The van der Waals surface area contributed by atoms with Crippen LogP contribution in [0.25, 0.3) is 0 Å². The molecule has 5 heteroatoms. The summed E-state index contributed by atoms with van der Waals surface area (Å²) in [6.45, 7) is 0.827. The third kappa shape index (κ3) is 3.42. The highest BCUT2D eigenvalue weighted by Gasteiger charge is 2.44. The van der Waals surface area contributed by atoms with Crippen molar-refractivity contribution in [1.29, 1.82) is 0 Å². The summed E-state index contributed by atoms with van der Waals surface area (Å²) in [7, 11) is 0. The quantitative estimate of drug-likeness (QED) is 0.498. The molecule has 1 aliphatic heterocycles. The third-order valence-corrected chi connectivity index (χ3v) is 6.00. The summed E-state index contributed by atoms with van der Waals surface area (Å²) in [5.41, 5.74) is 3.07. The second kappa shape index (κ2) is 6.65. The van der Waals surface area contributed by atoms with E-state index in [4.69, 9.17) is 10.6 Å². The summed E-state index contributed by atoms with van der Waals surface area (Å²) in [4.78, 5) is 0.697. The standard InChI is InChI=1S/C16H23FN2OS/c17-13-4-1-2-5-15(13)21-11-14(19-18)12-6-9-20-16(10-12)7-3-8-16/h1-2,4-5,12,14,19H,3,6-11,18H2. The average molecular weight is 310 g/mol. The van der Waals surface area contributed by atoms with Crippen LogP contribution in [0.5, 0.6) is 0 Å². The molecule has 1 spiro atoms. The highest BCUT2D eigenvalue weighted by Crippen LogP contribution is 2.45. The molecule has 2 aliphatic rings.